The second kappa shape index (κ2) is 6.69. The fourth-order valence-corrected chi connectivity index (χ4v) is 3.22. The summed E-state index contributed by atoms with van der Waals surface area (Å²) in [6.07, 6.45) is -5.19. The average Bonchev–Trinajstić information content (AvgIpc) is 2.54. The van der Waals surface area contributed by atoms with E-state index in [1.807, 2.05) is 5.32 Å². The van der Waals surface area contributed by atoms with Gasteiger partial charge in [0, 0.05) is 5.69 Å². The molecule has 5 nitrogen and oxygen atoms in total. The number of aliphatic hydroxyl groups is 1. The first kappa shape index (κ1) is 19.9. The van der Waals surface area contributed by atoms with Gasteiger partial charge < -0.3 is 10.4 Å². The fourth-order valence-electron chi connectivity index (χ4n) is 1.89. The van der Waals surface area contributed by atoms with E-state index in [2.05, 4.69) is 0 Å². The van der Waals surface area contributed by atoms with Crippen LogP contribution in [0.1, 0.15) is 6.92 Å². The Morgan fingerprint density at radius 3 is 2.08 bits per heavy atom. The van der Waals surface area contributed by atoms with Crippen molar-refractivity contribution >= 4 is 21.4 Å². The highest BCUT2D eigenvalue weighted by Gasteiger charge is 2.55. The molecular formula is C16H13F4NO4S. The van der Waals surface area contributed by atoms with Crippen LogP contribution < -0.4 is 5.32 Å². The molecule has 0 radical (unpaired) electrons. The van der Waals surface area contributed by atoms with E-state index in [9.17, 15) is 35.9 Å². The van der Waals surface area contributed by atoms with Crippen LogP contribution in [0.5, 0.6) is 0 Å². The standard InChI is InChI=1S/C16H13F4NO4S/c1-15(23,16(18,19)20)14(22)21-10-6-8-11(9-7-10)26(24,25)13-5-3-2-4-12(13)17/h2-9,23H,1H3,(H,21,22). The lowest BCUT2D eigenvalue weighted by Crippen LogP contribution is -2.52. The van der Waals surface area contributed by atoms with Crippen molar-refractivity contribution < 1.29 is 35.9 Å². The first-order valence-electron chi connectivity index (χ1n) is 7.07. The van der Waals surface area contributed by atoms with E-state index in [1.54, 1.807) is 0 Å². The molecular weight excluding hydrogens is 378 g/mol. The third-order valence-electron chi connectivity index (χ3n) is 3.54. The topological polar surface area (TPSA) is 83.5 Å². The zero-order valence-electron chi connectivity index (χ0n) is 13.2. The number of amides is 1. The Labute approximate surface area is 146 Å². The fraction of sp³-hybridized carbons (Fsp3) is 0.188. The molecule has 0 aliphatic rings. The lowest BCUT2D eigenvalue weighted by molar-refractivity contribution is -0.242. The Kier molecular flexibility index (Phi) is 5.11. The molecule has 2 N–H and O–H groups in total. The monoisotopic (exact) mass is 391 g/mol. The Morgan fingerprint density at radius 2 is 1.58 bits per heavy atom. The molecule has 1 atom stereocenters. The van der Waals surface area contributed by atoms with Gasteiger partial charge in [0.25, 0.3) is 5.91 Å². The van der Waals surface area contributed by atoms with Gasteiger partial charge in [0.1, 0.15) is 10.7 Å². The smallest absolute Gasteiger partial charge is 0.373 e. The summed E-state index contributed by atoms with van der Waals surface area (Å²) < 4.78 is 76.2. The van der Waals surface area contributed by atoms with Crippen LogP contribution in [0.4, 0.5) is 23.2 Å². The minimum absolute atomic E-state index is 0.174. The van der Waals surface area contributed by atoms with Gasteiger partial charge in [-0.3, -0.25) is 4.79 Å². The van der Waals surface area contributed by atoms with Gasteiger partial charge in [-0.1, -0.05) is 12.1 Å². The van der Waals surface area contributed by atoms with Crippen molar-refractivity contribution in [1.82, 2.24) is 0 Å². The molecule has 2 rings (SSSR count). The summed E-state index contributed by atoms with van der Waals surface area (Å²) in [4.78, 5) is 10.7. The lowest BCUT2D eigenvalue weighted by atomic mass is 10.1. The molecule has 0 aromatic heterocycles. The van der Waals surface area contributed by atoms with Gasteiger partial charge in [-0.05, 0) is 43.3 Å². The van der Waals surface area contributed by atoms with Crippen LogP contribution in [0, 0.1) is 5.82 Å². The minimum atomic E-state index is -5.19. The summed E-state index contributed by atoms with van der Waals surface area (Å²) in [6.45, 7) is 0.291. The van der Waals surface area contributed by atoms with Gasteiger partial charge in [0.2, 0.25) is 15.4 Å². The molecule has 0 saturated heterocycles. The van der Waals surface area contributed by atoms with Crippen molar-refractivity contribution in [3.05, 3.63) is 54.3 Å². The van der Waals surface area contributed by atoms with E-state index >= 15 is 0 Å². The number of carbonyl (C=O) groups excluding carboxylic acids is 1. The van der Waals surface area contributed by atoms with E-state index in [0.29, 0.717) is 6.92 Å². The highest BCUT2D eigenvalue weighted by atomic mass is 32.2. The molecule has 0 saturated carbocycles. The Morgan fingerprint density at radius 1 is 1.04 bits per heavy atom. The van der Waals surface area contributed by atoms with E-state index in [4.69, 9.17) is 0 Å². The number of carbonyl (C=O) groups is 1. The van der Waals surface area contributed by atoms with Crippen molar-refractivity contribution in [1.29, 1.82) is 0 Å². The Bertz CT molecular complexity index is 922. The number of nitrogens with one attached hydrogen (secondary N) is 1. The summed E-state index contributed by atoms with van der Waals surface area (Å²) in [5.41, 5.74) is -3.79. The molecule has 1 unspecified atom stereocenters. The molecule has 2 aromatic carbocycles. The maximum absolute atomic E-state index is 13.7. The van der Waals surface area contributed by atoms with Crippen LogP contribution in [0.15, 0.2) is 58.3 Å². The van der Waals surface area contributed by atoms with Gasteiger partial charge in [-0.2, -0.15) is 13.2 Å². The molecule has 26 heavy (non-hydrogen) atoms. The summed E-state index contributed by atoms with van der Waals surface area (Å²) in [6, 6.07) is 8.75. The first-order valence-corrected chi connectivity index (χ1v) is 8.56. The zero-order chi connectivity index (χ0) is 19.8. The van der Waals surface area contributed by atoms with Crippen LogP contribution in [0.3, 0.4) is 0 Å². The van der Waals surface area contributed by atoms with Gasteiger partial charge in [-0.25, -0.2) is 12.8 Å². The van der Waals surface area contributed by atoms with Crippen molar-refractivity contribution in [2.45, 2.75) is 28.5 Å². The van der Waals surface area contributed by atoms with Crippen LogP contribution in [-0.2, 0) is 14.6 Å². The van der Waals surface area contributed by atoms with Crippen LogP contribution in [-0.4, -0.2) is 31.2 Å². The lowest BCUT2D eigenvalue weighted by Gasteiger charge is -2.24. The molecule has 0 fully saturated rings. The van der Waals surface area contributed by atoms with Crippen LogP contribution >= 0.6 is 0 Å². The maximum Gasteiger partial charge on any atom is 0.426 e. The number of benzene rings is 2. The molecule has 0 spiro atoms. The SMILES string of the molecule is CC(O)(C(=O)Nc1ccc(S(=O)(=O)c2ccccc2F)cc1)C(F)(F)F. The summed E-state index contributed by atoms with van der Waals surface area (Å²) in [5, 5.41) is 11.1. The molecule has 140 valence electrons. The van der Waals surface area contributed by atoms with Gasteiger partial charge in [0.05, 0.1) is 4.90 Å². The predicted octanol–water partition coefficient (Wildman–Crippen LogP) is 2.91. The molecule has 0 aliphatic carbocycles. The highest BCUT2D eigenvalue weighted by Crippen LogP contribution is 2.31. The molecule has 2 aromatic rings. The summed E-state index contributed by atoms with van der Waals surface area (Å²) in [7, 11) is -4.18. The average molecular weight is 391 g/mol. The maximum atomic E-state index is 13.7. The van der Waals surface area contributed by atoms with Crippen molar-refractivity contribution in [3.8, 4) is 0 Å². The molecule has 1 amide bonds. The van der Waals surface area contributed by atoms with Crippen molar-refractivity contribution in [3.63, 3.8) is 0 Å². The Hall–Kier alpha value is -2.46. The number of anilines is 1. The normalized spacial score (nSPS) is 14.5. The number of sulfone groups is 1. The second-order valence-corrected chi connectivity index (χ2v) is 7.40. The summed E-state index contributed by atoms with van der Waals surface area (Å²) in [5.74, 6) is -2.68. The van der Waals surface area contributed by atoms with Crippen LogP contribution in [0.2, 0.25) is 0 Å². The van der Waals surface area contributed by atoms with Gasteiger partial charge >= 0.3 is 6.18 Å². The molecule has 0 heterocycles. The van der Waals surface area contributed by atoms with Gasteiger partial charge in [-0.15, -0.1) is 0 Å². The van der Waals surface area contributed by atoms with Crippen molar-refractivity contribution in [2.24, 2.45) is 0 Å². The highest BCUT2D eigenvalue weighted by molar-refractivity contribution is 7.91. The van der Waals surface area contributed by atoms with Crippen molar-refractivity contribution in [2.75, 3.05) is 5.32 Å². The minimum Gasteiger partial charge on any atom is -0.373 e. The predicted molar refractivity (Wildman–Crippen MR) is 83.6 cm³/mol. The third kappa shape index (κ3) is 3.70. The number of alkyl halides is 3. The van der Waals surface area contributed by atoms with E-state index in [-0.39, 0.29) is 10.6 Å². The number of hydrogen-bond acceptors (Lipinski definition) is 4. The largest absolute Gasteiger partial charge is 0.426 e. The molecule has 0 bridgehead atoms. The van der Waals surface area contributed by atoms with E-state index in [1.165, 1.54) is 12.1 Å². The number of rotatable bonds is 4. The van der Waals surface area contributed by atoms with Gasteiger partial charge in [0.15, 0.2) is 0 Å². The quantitative estimate of drug-likeness (QED) is 0.785. The zero-order valence-corrected chi connectivity index (χ0v) is 14.0. The molecule has 10 heteroatoms. The summed E-state index contributed by atoms with van der Waals surface area (Å²) >= 11 is 0. The second-order valence-electron chi connectivity index (χ2n) is 5.48. The van der Waals surface area contributed by atoms with Crippen LogP contribution in [0.25, 0.3) is 0 Å². The Balaban J connectivity index is 2.27. The number of halogens is 4. The number of hydrogen-bond donors (Lipinski definition) is 2. The van der Waals surface area contributed by atoms with E-state index in [0.717, 1.165) is 36.4 Å². The first-order chi connectivity index (χ1) is 11.9. The third-order valence-corrected chi connectivity index (χ3v) is 5.35. The van der Waals surface area contributed by atoms with E-state index < -0.39 is 38.2 Å². The molecule has 0 aliphatic heterocycles.